The van der Waals surface area contributed by atoms with E-state index in [1.807, 2.05) is 0 Å². The van der Waals surface area contributed by atoms with Gasteiger partial charge in [-0.25, -0.2) is 0 Å². The van der Waals surface area contributed by atoms with Crippen molar-refractivity contribution >= 4 is 54.7 Å². The first kappa shape index (κ1) is 15.2. The summed E-state index contributed by atoms with van der Waals surface area (Å²) in [4.78, 5) is 0. The van der Waals surface area contributed by atoms with Crippen LogP contribution in [0.5, 0.6) is 0 Å². The van der Waals surface area contributed by atoms with Crippen LogP contribution in [0.3, 0.4) is 0 Å². The van der Waals surface area contributed by atoms with Crippen LogP contribution in [-0.4, -0.2) is 35.7 Å². The standard InChI is InChI=1S/C6H10Cl4O3P/c7-1-5(2-8)12-14(11)13-6(3-9)4-10/h5-6H,1-4H2/q+1. The first-order valence-electron chi connectivity index (χ1n) is 3.72. The van der Waals surface area contributed by atoms with Crippen LogP contribution < -0.4 is 0 Å². The number of halogens is 4. The molecule has 0 radical (unpaired) electrons. The molecular weight excluding hydrogens is 293 g/mol. The summed E-state index contributed by atoms with van der Waals surface area (Å²) in [5.74, 6) is 0.613. The number of rotatable bonds is 8. The molecule has 0 saturated heterocycles. The molecule has 0 bridgehead atoms. The van der Waals surface area contributed by atoms with E-state index < -0.39 is 20.5 Å². The van der Waals surface area contributed by atoms with Crippen LogP contribution in [0.15, 0.2) is 0 Å². The van der Waals surface area contributed by atoms with Gasteiger partial charge in [0.1, 0.15) is 12.2 Å². The van der Waals surface area contributed by atoms with Crippen LogP contribution in [0.4, 0.5) is 0 Å². The fraction of sp³-hybridized carbons (Fsp3) is 1.00. The van der Waals surface area contributed by atoms with Gasteiger partial charge in [-0.1, -0.05) is 0 Å². The third kappa shape index (κ3) is 6.62. The Morgan fingerprint density at radius 3 is 1.36 bits per heavy atom. The molecular formula is C6H10Cl4O3P+. The summed E-state index contributed by atoms with van der Waals surface area (Å²) < 4.78 is 20.9. The predicted molar refractivity (Wildman–Crippen MR) is 60.2 cm³/mol. The maximum atomic E-state index is 11.2. The molecule has 0 aliphatic carbocycles. The van der Waals surface area contributed by atoms with E-state index in [1.54, 1.807) is 0 Å². The summed E-state index contributed by atoms with van der Waals surface area (Å²) in [5, 5.41) is 0. The second kappa shape index (κ2) is 9.41. The average Bonchev–Trinajstić information content (AvgIpc) is 2.22. The highest BCUT2D eigenvalue weighted by atomic mass is 35.5. The maximum Gasteiger partial charge on any atom is 0.698 e. The van der Waals surface area contributed by atoms with Crippen LogP contribution >= 0.6 is 54.7 Å². The SMILES string of the molecule is O=[P+](OC(CCl)CCl)OC(CCl)CCl. The van der Waals surface area contributed by atoms with E-state index in [1.165, 1.54) is 0 Å². The van der Waals surface area contributed by atoms with Crippen molar-refractivity contribution in [2.45, 2.75) is 12.2 Å². The fourth-order valence-corrected chi connectivity index (χ4v) is 2.56. The number of hydrogen-bond donors (Lipinski definition) is 0. The first-order valence-corrected chi connectivity index (χ1v) is 6.95. The third-order valence-corrected chi connectivity index (χ3v) is 3.48. The molecule has 0 N–H and O–H groups in total. The van der Waals surface area contributed by atoms with Crippen molar-refractivity contribution < 1.29 is 13.6 Å². The molecule has 0 aromatic heterocycles. The van der Waals surface area contributed by atoms with Gasteiger partial charge in [0.2, 0.25) is 0 Å². The molecule has 0 atom stereocenters. The minimum Gasteiger partial charge on any atom is -0.124 e. The van der Waals surface area contributed by atoms with Crippen molar-refractivity contribution in [3.8, 4) is 0 Å². The van der Waals surface area contributed by atoms with E-state index in [-0.39, 0.29) is 23.5 Å². The molecule has 0 fully saturated rings. The van der Waals surface area contributed by atoms with Crippen molar-refractivity contribution in [2.24, 2.45) is 0 Å². The summed E-state index contributed by atoms with van der Waals surface area (Å²) in [6, 6.07) is 0. The Balaban J connectivity index is 3.83. The van der Waals surface area contributed by atoms with Gasteiger partial charge in [0.25, 0.3) is 0 Å². The highest BCUT2D eigenvalue weighted by Gasteiger charge is 2.30. The normalized spacial score (nSPS) is 11.3. The molecule has 8 heteroatoms. The van der Waals surface area contributed by atoms with Crippen LogP contribution in [-0.2, 0) is 13.6 Å². The Morgan fingerprint density at radius 2 is 1.14 bits per heavy atom. The minimum atomic E-state index is -2.27. The fourth-order valence-electron chi connectivity index (χ4n) is 0.463. The lowest BCUT2D eigenvalue weighted by atomic mass is 10.5. The topological polar surface area (TPSA) is 35.5 Å². The van der Waals surface area contributed by atoms with E-state index in [9.17, 15) is 4.57 Å². The van der Waals surface area contributed by atoms with E-state index in [0.717, 1.165) is 0 Å². The van der Waals surface area contributed by atoms with Crippen molar-refractivity contribution in [3.63, 3.8) is 0 Å². The smallest absolute Gasteiger partial charge is 0.124 e. The van der Waals surface area contributed by atoms with Crippen LogP contribution in [0.1, 0.15) is 0 Å². The number of alkyl halides is 4. The first-order chi connectivity index (χ1) is 6.67. The molecule has 0 aliphatic rings. The minimum absolute atomic E-state index is 0.153. The Labute approximate surface area is 104 Å². The molecule has 0 aliphatic heterocycles. The lowest BCUT2D eigenvalue weighted by Crippen LogP contribution is -2.17. The molecule has 3 nitrogen and oxygen atoms in total. The second-order valence-electron chi connectivity index (χ2n) is 2.30. The zero-order chi connectivity index (χ0) is 11.0. The third-order valence-electron chi connectivity index (χ3n) is 1.16. The molecule has 0 spiro atoms. The van der Waals surface area contributed by atoms with Gasteiger partial charge in [-0.3, -0.25) is 0 Å². The quantitative estimate of drug-likeness (QED) is 0.509. The van der Waals surface area contributed by atoms with Crippen LogP contribution in [0.25, 0.3) is 0 Å². The van der Waals surface area contributed by atoms with Gasteiger partial charge < -0.3 is 0 Å². The summed E-state index contributed by atoms with van der Waals surface area (Å²) in [5.41, 5.74) is 0. The zero-order valence-corrected chi connectivity index (χ0v) is 11.1. The molecule has 14 heavy (non-hydrogen) atoms. The van der Waals surface area contributed by atoms with E-state index in [2.05, 4.69) is 0 Å². The van der Waals surface area contributed by atoms with Gasteiger partial charge >= 0.3 is 8.25 Å². The largest absolute Gasteiger partial charge is 0.698 e. The van der Waals surface area contributed by atoms with E-state index in [0.29, 0.717) is 0 Å². The van der Waals surface area contributed by atoms with Gasteiger partial charge in [-0.2, -0.15) is 0 Å². The van der Waals surface area contributed by atoms with E-state index in [4.69, 9.17) is 55.5 Å². The summed E-state index contributed by atoms with van der Waals surface area (Å²) in [6.07, 6.45) is -0.985. The molecule has 0 aromatic rings. The Morgan fingerprint density at radius 1 is 0.857 bits per heavy atom. The average molecular weight is 303 g/mol. The number of hydrogen-bond acceptors (Lipinski definition) is 3. The van der Waals surface area contributed by atoms with Crippen molar-refractivity contribution in [1.29, 1.82) is 0 Å². The Kier molecular flexibility index (Phi) is 10.2. The zero-order valence-electron chi connectivity index (χ0n) is 7.17. The highest BCUT2D eigenvalue weighted by Crippen LogP contribution is 2.29. The molecule has 0 aromatic carbocycles. The van der Waals surface area contributed by atoms with Gasteiger partial charge in [-0.05, 0) is 0 Å². The Bertz CT molecular complexity index is 147. The highest BCUT2D eigenvalue weighted by molar-refractivity contribution is 7.33. The van der Waals surface area contributed by atoms with E-state index >= 15 is 0 Å². The van der Waals surface area contributed by atoms with Crippen LogP contribution in [0, 0.1) is 0 Å². The second-order valence-corrected chi connectivity index (χ2v) is 4.40. The van der Waals surface area contributed by atoms with Gasteiger partial charge in [0.15, 0.2) is 0 Å². The predicted octanol–water partition coefficient (Wildman–Crippen LogP) is 3.37. The van der Waals surface area contributed by atoms with Crippen molar-refractivity contribution in [1.82, 2.24) is 0 Å². The molecule has 0 heterocycles. The maximum absolute atomic E-state index is 11.2. The Hall–Kier alpha value is 1.18. The molecule has 0 saturated carbocycles. The van der Waals surface area contributed by atoms with Crippen LogP contribution in [0.2, 0.25) is 0 Å². The molecule has 0 amide bonds. The summed E-state index contributed by atoms with van der Waals surface area (Å²) >= 11 is 21.9. The summed E-state index contributed by atoms with van der Waals surface area (Å²) in [6.45, 7) is 0. The summed E-state index contributed by atoms with van der Waals surface area (Å²) in [7, 11) is -2.27. The lowest BCUT2D eigenvalue weighted by molar-refractivity contribution is 0.166. The lowest BCUT2D eigenvalue weighted by Gasteiger charge is -2.03. The van der Waals surface area contributed by atoms with Gasteiger partial charge in [0.05, 0.1) is 23.5 Å². The monoisotopic (exact) mass is 301 g/mol. The molecule has 84 valence electrons. The molecule has 0 unspecified atom stereocenters. The van der Waals surface area contributed by atoms with Gasteiger partial charge in [-0.15, -0.1) is 55.5 Å². The van der Waals surface area contributed by atoms with Crippen molar-refractivity contribution in [2.75, 3.05) is 23.5 Å². The molecule has 0 rings (SSSR count). The van der Waals surface area contributed by atoms with Gasteiger partial charge in [0, 0.05) is 4.57 Å². The van der Waals surface area contributed by atoms with Crippen molar-refractivity contribution in [3.05, 3.63) is 0 Å².